The number of nitrogens with zero attached hydrogens (tertiary/aromatic N) is 1. The van der Waals surface area contributed by atoms with E-state index in [-0.39, 0.29) is 38.8 Å². The summed E-state index contributed by atoms with van der Waals surface area (Å²) in [4.78, 5) is 13.2. The van der Waals surface area contributed by atoms with Crippen molar-refractivity contribution in [2.45, 2.75) is 13.8 Å². The molecule has 106 valence electrons. The van der Waals surface area contributed by atoms with Gasteiger partial charge in [-0.15, -0.1) is 0 Å². The summed E-state index contributed by atoms with van der Waals surface area (Å²) in [6, 6.07) is 5.74. The molecule has 0 atom stereocenters. The number of aliphatic hydroxyl groups excluding tert-OH is 2. The summed E-state index contributed by atoms with van der Waals surface area (Å²) in [6.07, 6.45) is 0. The van der Waals surface area contributed by atoms with E-state index in [0.29, 0.717) is 5.75 Å². The Bertz CT molecular complexity index is 414. The zero-order chi connectivity index (χ0) is 14.3. The number of aryl methyl sites for hydroxylation is 2. The molecule has 0 aliphatic heterocycles. The highest BCUT2D eigenvalue weighted by Gasteiger charge is 2.13. The number of hydrogen-bond acceptors (Lipinski definition) is 4. The molecule has 1 rings (SSSR count). The molecule has 0 aliphatic rings. The summed E-state index contributed by atoms with van der Waals surface area (Å²) in [6.45, 7) is 3.97. The second-order valence-corrected chi connectivity index (χ2v) is 4.39. The molecule has 2 N–H and O–H groups in total. The van der Waals surface area contributed by atoms with Crippen molar-refractivity contribution >= 4 is 5.91 Å². The molecule has 0 unspecified atom stereocenters. The number of amides is 1. The Morgan fingerprint density at radius 2 is 1.84 bits per heavy atom. The van der Waals surface area contributed by atoms with Gasteiger partial charge in [0.05, 0.1) is 13.2 Å². The van der Waals surface area contributed by atoms with Crippen LogP contribution in [0.4, 0.5) is 0 Å². The number of ether oxygens (including phenoxy) is 1. The molecule has 0 radical (unpaired) electrons. The van der Waals surface area contributed by atoms with Crippen LogP contribution in [0.15, 0.2) is 18.2 Å². The summed E-state index contributed by atoms with van der Waals surface area (Å²) >= 11 is 0. The van der Waals surface area contributed by atoms with Gasteiger partial charge in [0, 0.05) is 13.1 Å². The number of benzene rings is 1. The lowest BCUT2D eigenvalue weighted by molar-refractivity contribution is -0.134. The van der Waals surface area contributed by atoms with Gasteiger partial charge in [0.15, 0.2) is 6.61 Å². The zero-order valence-electron chi connectivity index (χ0n) is 11.4. The standard InChI is InChI=1S/C14H21NO4/c1-11-3-4-13(12(2)9-11)19-10-14(18)15(5-7-16)6-8-17/h3-4,9,16-17H,5-8,10H2,1-2H3. The Kier molecular flexibility index (Phi) is 6.32. The van der Waals surface area contributed by atoms with Crippen molar-refractivity contribution in [2.24, 2.45) is 0 Å². The number of hydrogen-bond donors (Lipinski definition) is 2. The fourth-order valence-corrected chi connectivity index (χ4v) is 1.79. The summed E-state index contributed by atoms with van der Waals surface area (Å²) in [7, 11) is 0. The highest BCUT2D eigenvalue weighted by molar-refractivity contribution is 5.77. The van der Waals surface area contributed by atoms with Crippen LogP contribution in [0.25, 0.3) is 0 Å². The van der Waals surface area contributed by atoms with Crippen LogP contribution in [0, 0.1) is 13.8 Å². The quantitative estimate of drug-likeness (QED) is 0.754. The average Bonchev–Trinajstić information content (AvgIpc) is 2.37. The van der Waals surface area contributed by atoms with Gasteiger partial charge in [-0.2, -0.15) is 0 Å². The molecule has 0 saturated heterocycles. The van der Waals surface area contributed by atoms with Gasteiger partial charge in [-0.1, -0.05) is 17.7 Å². The first-order valence-electron chi connectivity index (χ1n) is 6.28. The number of carbonyl (C=O) groups excluding carboxylic acids is 1. The van der Waals surface area contributed by atoms with Crippen molar-refractivity contribution in [1.82, 2.24) is 4.90 Å². The monoisotopic (exact) mass is 267 g/mol. The Balaban J connectivity index is 2.56. The maximum atomic E-state index is 11.9. The van der Waals surface area contributed by atoms with Crippen LogP contribution in [-0.4, -0.2) is 53.9 Å². The topological polar surface area (TPSA) is 70.0 Å². The van der Waals surface area contributed by atoms with Crippen molar-refractivity contribution < 1.29 is 19.7 Å². The van der Waals surface area contributed by atoms with Gasteiger partial charge in [-0.25, -0.2) is 0 Å². The molecule has 5 nitrogen and oxygen atoms in total. The van der Waals surface area contributed by atoms with E-state index in [2.05, 4.69) is 0 Å². The Morgan fingerprint density at radius 3 is 2.37 bits per heavy atom. The highest BCUT2D eigenvalue weighted by atomic mass is 16.5. The van der Waals surface area contributed by atoms with Crippen LogP contribution in [-0.2, 0) is 4.79 Å². The van der Waals surface area contributed by atoms with Crippen molar-refractivity contribution in [3.05, 3.63) is 29.3 Å². The van der Waals surface area contributed by atoms with E-state index in [1.165, 1.54) is 4.90 Å². The van der Waals surface area contributed by atoms with E-state index in [9.17, 15) is 4.79 Å². The van der Waals surface area contributed by atoms with Crippen LogP contribution in [0.1, 0.15) is 11.1 Å². The van der Waals surface area contributed by atoms with E-state index in [1.807, 2.05) is 32.0 Å². The predicted molar refractivity (Wildman–Crippen MR) is 72.2 cm³/mol. The molecule has 0 bridgehead atoms. The molecule has 0 fully saturated rings. The second-order valence-electron chi connectivity index (χ2n) is 4.39. The van der Waals surface area contributed by atoms with Crippen molar-refractivity contribution in [1.29, 1.82) is 0 Å². The molecule has 0 saturated carbocycles. The van der Waals surface area contributed by atoms with E-state index >= 15 is 0 Å². The van der Waals surface area contributed by atoms with E-state index < -0.39 is 0 Å². The summed E-state index contributed by atoms with van der Waals surface area (Å²) in [5.74, 6) is 0.426. The summed E-state index contributed by atoms with van der Waals surface area (Å²) in [5.41, 5.74) is 2.11. The molecule has 0 heterocycles. The highest BCUT2D eigenvalue weighted by Crippen LogP contribution is 2.18. The maximum Gasteiger partial charge on any atom is 0.260 e. The first-order valence-corrected chi connectivity index (χ1v) is 6.28. The van der Waals surface area contributed by atoms with E-state index in [4.69, 9.17) is 14.9 Å². The Labute approximate surface area is 113 Å². The lowest BCUT2D eigenvalue weighted by atomic mass is 10.1. The minimum Gasteiger partial charge on any atom is -0.484 e. The van der Waals surface area contributed by atoms with Crippen molar-refractivity contribution in [3.63, 3.8) is 0 Å². The van der Waals surface area contributed by atoms with Crippen LogP contribution in [0.2, 0.25) is 0 Å². The molecular weight excluding hydrogens is 246 g/mol. The van der Waals surface area contributed by atoms with Crippen LogP contribution >= 0.6 is 0 Å². The van der Waals surface area contributed by atoms with Crippen molar-refractivity contribution in [3.8, 4) is 5.75 Å². The fraction of sp³-hybridized carbons (Fsp3) is 0.500. The van der Waals surface area contributed by atoms with Crippen molar-refractivity contribution in [2.75, 3.05) is 32.9 Å². The van der Waals surface area contributed by atoms with Crippen LogP contribution < -0.4 is 4.74 Å². The Hall–Kier alpha value is -1.59. The molecule has 19 heavy (non-hydrogen) atoms. The van der Waals surface area contributed by atoms with Gasteiger partial charge >= 0.3 is 0 Å². The number of aliphatic hydroxyl groups is 2. The average molecular weight is 267 g/mol. The number of rotatable bonds is 7. The van der Waals surface area contributed by atoms with E-state index in [1.54, 1.807) is 0 Å². The van der Waals surface area contributed by atoms with Gasteiger partial charge in [0.25, 0.3) is 5.91 Å². The molecule has 0 spiro atoms. The normalized spacial score (nSPS) is 10.3. The van der Waals surface area contributed by atoms with Gasteiger partial charge in [-0.05, 0) is 25.5 Å². The fourth-order valence-electron chi connectivity index (χ4n) is 1.79. The van der Waals surface area contributed by atoms with Gasteiger partial charge in [0.1, 0.15) is 5.75 Å². The molecule has 1 aromatic carbocycles. The lowest BCUT2D eigenvalue weighted by Crippen LogP contribution is -2.38. The first kappa shape index (κ1) is 15.5. The third kappa shape index (κ3) is 4.89. The summed E-state index contributed by atoms with van der Waals surface area (Å²) < 4.78 is 5.47. The molecule has 1 aromatic rings. The minimum absolute atomic E-state index is 0.0934. The lowest BCUT2D eigenvalue weighted by Gasteiger charge is -2.21. The smallest absolute Gasteiger partial charge is 0.260 e. The molecular formula is C14H21NO4. The maximum absolute atomic E-state index is 11.9. The second kappa shape index (κ2) is 7.76. The van der Waals surface area contributed by atoms with Gasteiger partial charge in [0.2, 0.25) is 0 Å². The summed E-state index contributed by atoms with van der Waals surface area (Å²) in [5, 5.41) is 17.7. The van der Waals surface area contributed by atoms with Crippen LogP contribution in [0.5, 0.6) is 5.75 Å². The number of carbonyl (C=O) groups is 1. The Morgan fingerprint density at radius 1 is 1.21 bits per heavy atom. The van der Waals surface area contributed by atoms with E-state index in [0.717, 1.165) is 11.1 Å². The van der Waals surface area contributed by atoms with Crippen LogP contribution in [0.3, 0.4) is 0 Å². The minimum atomic E-state index is -0.247. The van der Waals surface area contributed by atoms with Gasteiger partial charge < -0.3 is 19.8 Å². The third-order valence-corrected chi connectivity index (χ3v) is 2.77. The molecule has 0 aromatic heterocycles. The molecule has 0 aliphatic carbocycles. The molecule has 1 amide bonds. The molecule has 5 heteroatoms. The zero-order valence-corrected chi connectivity index (χ0v) is 11.4. The largest absolute Gasteiger partial charge is 0.484 e. The van der Waals surface area contributed by atoms with Gasteiger partial charge in [-0.3, -0.25) is 4.79 Å². The SMILES string of the molecule is Cc1ccc(OCC(=O)N(CCO)CCO)c(C)c1. The predicted octanol–water partition coefficient (Wildman–Crippen LogP) is 0.495. The first-order chi connectivity index (χ1) is 9.08. The third-order valence-electron chi connectivity index (χ3n) is 2.77.